The summed E-state index contributed by atoms with van der Waals surface area (Å²) in [6, 6.07) is 10.5. The molecule has 1 aliphatic heterocycles. The molecule has 162 valence electrons. The van der Waals surface area contributed by atoms with Crippen LogP contribution in [0.3, 0.4) is 0 Å². The van der Waals surface area contributed by atoms with E-state index in [1.165, 1.54) is 22.9 Å². The maximum atomic E-state index is 6.71. The number of benzene rings is 1. The van der Waals surface area contributed by atoms with E-state index in [0.717, 1.165) is 43.2 Å². The molecule has 8 nitrogen and oxygen atoms in total. The Kier molecular flexibility index (Phi) is 4.78. The lowest BCUT2D eigenvalue weighted by Gasteiger charge is -2.42. The average molecular weight is 465 g/mol. The fourth-order valence-electron chi connectivity index (χ4n) is 4.92. The number of aromatic amines is 1. The van der Waals surface area contributed by atoms with E-state index in [-0.39, 0.29) is 11.5 Å². The third-order valence-electron chi connectivity index (χ3n) is 6.68. The normalized spacial score (nSPS) is 19.6. The van der Waals surface area contributed by atoms with Crippen LogP contribution in [0.5, 0.6) is 0 Å². The van der Waals surface area contributed by atoms with Crippen molar-refractivity contribution >= 4 is 40.6 Å². The number of anilines is 1. The molecule has 0 unspecified atom stereocenters. The van der Waals surface area contributed by atoms with Crippen LogP contribution in [0.4, 0.5) is 5.95 Å². The van der Waals surface area contributed by atoms with E-state index in [2.05, 4.69) is 54.3 Å². The number of hydrogen-bond donors (Lipinski definition) is 2. The predicted molar refractivity (Wildman–Crippen MR) is 124 cm³/mol. The van der Waals surface area contributed by atoms with Gasteiger partial charge in [-0.25, -0.2) is 9.97 Å². The van der Waals surface area contributed by atoms with Gasteiger partial charge in [-0.05, 0) is 41.9 Å². The highest BCUT2D eigenvalue weighted by Crippen LogP contribution is 2.50. The van der Waals surface area contributed by atoms with Crippen molar-refractivity contribution in [1.82, 2.24) is 30.1 Å². The average Bonchev–Trinajstić information content (AvgIpc) is 3.35. The van der Waals surface area contributed by atoms with Crippen molar-refractivity contribution in [2.45, 2.75) is 35.2 Å². The van der Waals surface area contributed by atoms with Gasteiger partial charge in [-0.2, -0.15) is 10.1 Å². The van der Waals surface area contributed by atoms with E-state index in [0.29, 0.717) is 21.5 Å². The molecule has 4 heterocycles. The zero-order valence-corrected chi connectivity index (χ0v) is 18.8. The van der Waals surface area contributed by atoms with Crippen LogP contribution in [-0.2, 0) is 6.42 Å². The second-order valence-electron chi connectivity index (χ2n) is 8.43. The summed E-state index contributed by atoms with van der Waals surface area (Å²) >= 11 is 7.50. The quantitative estimate of drug-likeness (QED) is 0.471. The van der Waals surface area contributed by atoms with E-state index in [1.54, 1.807) is 18.5 Å². The molecule has 1 fully saturated rings. The molecule has 1 saturated heterocycles. The molecular formula is C22H21ClN8S. The Morgan fingerprint density at radius 2 is 2.00 bits per heavy atom. The Balaban J connectivity index is 1.19. The number of piperidine rings is 1. The third kappa shape index (κ3) is 3.32. The highest BCUT2D eigenvalue weighted by molar-refractivity contribution is 7.99. The zero-order chi connectivity index (χ0) is 21.7. The number of rotatable bonds is 3. The Bertz CT molecular complexity index is 1300. The molecule has 32 heavy (non-hydrogen) atoms. The van der Waals surface area contributed by atoms with Crippen molar-refractivity contribution < 1.29 is 0 Å². The van der Waals surface area contributed by atoms with Crippen LogP contribution in [0.25, 0.3) is 11.3 Å². The Morgan fingerprint density at radius 1 is 1.16 bits per heavy atom. The minimum atomic E-state index is 0.105. The zero-order valence-electron chi connectivity index (χ0n) is 17.2. The van der Waals surface area contributed by atoms with Crippen molar-refractivity contribution in [3.8, 4) is 0 Å². The van der Waals surface area contributed by atoms with E-state index >= 15 is 0 Å². The van der Waals surface area contributed by atoms with Crippen molar-refractivity contribution in [2.24, 2.45) is 11.1 Å². The van der Waals surface area contributed by atoms with Crippen LogP contribution >= 0.6 is 23.4 Å². The van der Waals surface area contributed by atoms with Gasteiger partial charge in [0.2, 0.25) is 5.95 Å². The Morgan fingerprint density at radius 3 is 2.81 bits per heavy atom. The number of fused-ring (bicyclic) bond motifs is 2. The standard InChI is InChI=1S/C22H21ClN8S/c23-18-15(5-8-26-30-18)32-16-12-25-19-20(27-16)29-21(28-19)31-9-6-22(7-10-31)11-13-3-1-2-4-14(13)17(22)24/h1-5,8,12,17H,6-7,9-11,24H2,(H,25,27,28,29)/t17-/m1/s1. The van der Waals surface area contributed by atoms with E-state index in [9.17, 15) is 0 Å². The maximum Gasteiger partial charge on any atom is 0.206 e. The topological polar surface area (TPSA) is 110 Å². The monoisotopic (exact) mass is 464 g/mol. The number of imidazole rings is 1. The number of nitrogens with zero attached hydrogens (tertiary/aromatic N) is 6. The first-order valence-corrected chi connectivity index (χ1v) is 11.8. The third-order valence-corrected chi connectivity index (χ3v) is 8.03. The molecule has 3 aromatic heterocycles. The van der Waals surface area contributed by atoms with E-state index in [4.69, 9.17) is 22.3 Å². The van der Waals surface area contributed by atoms with Crippen LogP contribution in [0.1, 0.15) is 30.0 Å². The van der Waals surface area contributed by atoms with Crippen molar-refractivity contribution in [3.63, 3.8) is 0 Å². The van der Waals surface area contributed by atoms with Crippen molar-refractivity contribution in [3.05, 3.63) is 59.0 Å². The summed E-state index contributed by atoms with van der Waals surface area (Å²) in [5, 5.41) is 8.68. The molecule has 1 atom stereocenters. The van der Waals surface area contributed by atoms with Gasteiger partial charge in [-0.15, -0.1) is 5.10 Å². The number of H-pyrrole nitrogens is 1. The molecule has 6 rings (SSSR count). The van der Waals surface area contributed by atoms with Gasteiger partial charge in [0, 0.05) is 19.1 Å². The lowest BCUT2D eigenvalue weighted by molar-refractivity contribution is 0.187. The summed E-state index contributed by atoms with van der Waals surface area (Å²) < 4.78 is 0. The fraction of sp³-hybridized carbons (Fsp3) is 0.318. The highest BCUT2D eigenvalue weighted by atomic mass is 35.5. The van der Waals surface area contributed by atoms with Crippen molar-refractivity contribution in [2.75, 3.05) is 18.0 Å². The molecule has 1 spiro atoms. The predicted octanol–water partition coefficient (Wildman–Crippen LogP) is 3.79. The molecule has 1 aromatic carbocycles. The molecule has 0 radical (unpaired) electrons. The van der Waals surface area contributed by atoms with Gasteiger partial charge in [0.05, 0.1) is 17.3 Å². The molecule has 10 heteroatoms. The first-order chi connectivity index (χ1) is 15.6. The van der Waals surface area contributed by atoms with Gasteiger partial charge < -0.3 is 15.6 Å². The molecule has 0 bridgehead atoms. The number of halogens is 1. The minimum absolute atomic E-state index is 0.105. The van der Waals surface area contributed by atoms with Gasteiger partial charge in [0.25, 0.3) is 0 Å². The van der Waals surface area contributed by atoms with Gasteiger partial charge in [0.1, 0.15) is 5.03 Å². The fourth-order valence-corrected chi connectivity index (χ4v) is 5.86. The maximum absolute atomic E-state index is 6.71. The van der Waals surface area contributed by atoms with Crippen LogP contribution in [0.15, 0.2) is 52.6 Å². The number of nitrogens with one attached hydrogen (secondary N) is 1. The summed E-state index contributed by atoms with van der Waals surface area (Å²) in [5.74, 6) is 0.810. The minimum Gasteiger partial charge on any atom is -0.342 e. The first-order valence-electron chi connectivity index (χ1n) is 10.6. The first kappa shape index (κ1) is 19.9. The molecule has 2 aliphatic rings. The van der Waals surface area contributed by atoms with Crippen LogP contribution < -0.4 is 10.6 Å². The summed E-state index contributed by atoms with van der Waals surface area (Å²) in [6.07, 6.45) is 6.45. The van der Waals surface area contributed by atoms with E-state index < -0.39 is 0 Å². The molecular weight excluding hydrogens is 444 g/mol. The molecule has 4 aromatic rings. The summed E-state index contributed by atoms with van der Waals surface area (Å²) in [5.41, 5.74) is 10.8. The second-order valence-corrected chi connectivity index (χ2v) is 9.85. The van der Waals surface area contributed by atoms with Gasteiger partial charge in [-0.3, -0.25) is 0 Å². The molecule has 1 aliphatic carbocycles. The van der Waals surface area contributed by atoms with Crippen LogP contribution in [0, 0.1) is 5.41 Å². The number of nitrogens with two attached hydrogens (primary N) is 1. The Hall–Kier alpha value is -2.75. The van der Waals surface area contributed by atoms with Gasteiger partial charge in [0.15, 0.2) is 16.4 Å². The number of hydrogen-bond acceptors (Lipinski definition) is 8. The summed E-state index contributed by atoms with van der Waals surface area (Å²) in [6.45, 7) is 1.81. The van der Waals surface area contributed by atoms with Gasteiger partial charge in [-0.1, -0.05) is 47.6 Å². The summed E-state index contributed by atoms with van der Waals surface area (Å²) in [7, 11) is 0. The lowest BCUT2D eigenvalue weighted by Crippen LogP contribution is -2.44. The van der Waals surface area contributed by atoms with Gasteiger partial charge >= 0.3 is 0 Å². The Labute approximate surface area is 194 Å². The molecule has 0 saturated carbocycles. The summed E-state index contributed by atoms with van der Waals surface area (Å²) in [4.78, 5) is 20.3. The second kappa shape index (κ2) is 7.68. The smallest absolute Gasteiger partial charge is 0.206 e. The van der Waals surface area contributed by atoms with Crippen LogP contribution in [-0.4, -0.2) is 43.2 Å². The highest BCUT2D eigenvalue weighted by Gasteiger charge is 2.46. The van der Waals surface area contributed by atoms with Crippen LogP contribution in [0.2, 0.25) is 5.15 Å². The van der Waals surface area contributed by atoms with E-state index in [1.807, 2.05) is 0 Å². The molecule has 3 N–H and O–H groups in total. The largest absolute Gasteiger partial charge is 0.342 e. The number of aromatic nitrogens is 6. The SMILES string of the molecule is N[C@@H]1c2ccccc2CC12CCN(c1nc3nc(Sc4ccnnc4Cl)cnc3[nH]1)CC2. The van der Waals surface area contributed by atoms with Crippen molar-refractivity contribution in [1.29, 1.82) is 0 Å². The molecule has 0 amide bonds. The lowest BCUT2D eigenvalue weighted by atomic mass is 9.73.